The molecule has 1 aliphatic carbocycles. The fourth-order valence-corrected chi connectivity index (χ4v) is 2.72. The summed E-state index contributed by atoms with van der Waals surface area (Å²) in [4.78, 5) is 16.4. The van der Waals surface area contributed by atoms with Crippen LogP contribution in [-0.2, 0) is 4.79 Å². The average Bonchev–Trinajstić information content (AvgIpc) is 3.14. The lowest BCUT2D eigenvalue weighted by atomic mass is 10.2. The number of carbonyl (C=O) groups excluding carboxylic acids is 1. The molecule has 0 radical (unpaired) electrons. The molecule has 1 amide bonds. The van der Waals surface area contributed by atoms with Crippen molar-refractivity contribution >= 4 is 5.91 Å². The van der Waals surface area contributed by atoms with Gasteiger partial charge in [-0.3, -0.25) is 14.6 Å². The highest BCUT2D eigenvalue weighted by atomic mass is 16.3. The van der Waals surface area contributed by atoms with E-state index in [4.69, 9.17) is 0 Å². The van der Waals surface area contributed by atoms with Gasteiger partial charge in [-0.2, -0.15) is 0 Å². The summed E-state index contributed by atoms with van der Waals surface area (Å²) < 4.78 is 0. The van der Waals surface area contributed by atoms with E-state index in [0.717, 1.165) is 32.7 Å². The Labute approximate surface area is 115 Å². The zero-order valence-corrected chi connectivity index (χ0v) is 12.1. The summed E-state index contributed by atoms with van der Waals surface area (Å²) in [7, 11) is 0. The minimum Gasteiger partial charge on any atom is -0.392 e. The van der Waals surface area contributed by atoms with Crippen molar-refractivity contribution in [1.82, 2.24) is 15.1 Å². The van der Waals surface area contributed by atoms with Gasteiger partial charge < -0.3 is 10.4 Å². The van der Waals surface area contributed by atoms with Crippen LogP contribution in [0.4, 0.5) is 0 Å². The molecule has 2 rings (SSSR count). The van der Waals surface area contributed by atoms with Gasteiger partial charge in [0, 0.05) is 38.8 Å². The lowest BCUT2D eigenvalue weighted by Crippen LogP contribution is -2.51. The van der Waals surface area contributed by atoms with Crippen LogP contribution >= 0.6 is 0 Å². The summed E-state index contributed by atoms with van der Waals surface area (Å²) in [5.74, 6) is 0.871. The van der Waals surface area contributed by atoms with E-state index < -0.39 is 0 Å². The van der Waals surface area contributed by atoms with Crippen LogP contribution in [0.1, 0.15) is 26.7 Å². The van der Waals surface area contributed by atoms with Crippen molar-refractivity contribution in [2.24, 2.45) is 5.92 Å². The molecule has 1 heterocycles. The number of nitrogens with zero attached hydrogens (tertiary/aromatic N) is 2. The van der Waals surface area contributed by atoms with Crippen molar-refractivity contribution in [3.05, 3.63) is 0 Å². The monoisotopic (exact) mass is 269 g/mol. The molecule has 0 unspecified atom stereocenters. The molecule has 1 saturated carbocycles. The first-order valence-corrected chi connectivity index (χ1v) is 7.46. The van der Waals surface area contributed by atoms with Gasteiger partial charge in [-0.15, -0.1) is 0 Å². The molecule has 0 aromatic rings. The molecular formula is C14H27N3O2. The van der Waals surface area contributed by atoms with Crippen molar-refractivity contribution in [3.63, 3.8) is 0 Å². The number of hydrogen-bond acceptors (Lipinski definition) is 4. The van der Waals surface area contributed by atoms with Crippen molar-refractivity contribution < 1.29 is 9.90 Å². The van der Waals surface area contributed by atoms with Gasteiger partial charge in [-0.1, -0.05) is 0 Å². The van der Waals surface area contributed by atoms with Crippen LogP contribution in [0, 0.1) is 5.92 Å². The van der Waals surface area contributed by atoms with Crippen LogP contribution in [0.3, 0.4) is 0 Å². The van der Waals surface area contributed by atoms with E-state index in [1.807, 2.05) is 6.92 Å². The highest BCUT2D eigenvalue weighted by Gasteiger charge is 2.29. The maximum atomic E-state index is 11.9. The van der Waals surface area contributed by atoms with Gasteiger partial charge in [-0.25, -0.2) is 0 Å². The zero-order valence-electron chi connectivity index (χ0n) is 12.1. The molecule has 0 bridgehead atoms. The van der Waals surface area contributed by atoms with E-state index in [0.29, 0.717) is 18.5 Å². The third kappa shape index (κ3) is 5.09. The largest absolute Gasteiger partial charge is 0.392 e. The Balaban J connectivity index is 1.63. The molecule has 2 aliphatic rings. The van der Waals surface area contributed by atoms with Crippen molar-refractivity contribution in [2.75, 3.05) is 39.3 Å². The molecule has 5 heteroatoms. The van der Waals surface area contributed by atoms with E-state index in [2.05, 4.69) is 22.0 Å². The van der Waals surface area contributed by atoms with Gasteiger partial charge in [-0.05, 0) is 32.6 Å². The van der Waals surface area contributed by atoms with Gasteiger partial charge in [0.2, 0.25) is 5.91 Å². The molecule has 5 nitrogen and oxygen atoms in total. The number of aliphatic hydroxyl groups is 1. The lowest BCUT2D eigenvalue weighted by molar-refractivity contribution is -0.123. The lowest BCUT2D eigenvalue weighted by Gasteiger charge is -2.35. The number of amides is 1. The summed E-state index contributed by atoms with van der Waals surface area (Å²) in [6, 6.07) is 0.337. The second-order valence-corrected chi connectivity index (χ2v) is 6.12. The van der Waals surface area contributed by atoms with Crippen LogP contribution in [-0.4, -0.2) is 72.2 Å². The smallest absolute Gasteiger partial charge is 0.234 e. The fraction of sp³-hybridized carbons (Fsp3) is 0.929. The van der Waals surface area contributed by atoms with E-state index in [1.54, 1.807) is 0 Å². The quantitative estimate of drug-likeness (QED) is 0.707. The Bertz CT molecular complexity index is 297. The molecule has 19 heavy (non-hydrogen) atoms. The van der Waals surface area contributed by atoms with Crippen LogP contribution in [0.5, 0.6) is 0 Å². The fourth-order valence-electron chi connectivity index (χ4n) is 2.72. The highest BCUT2D eigenvalue weighted by molar-refractivity contribution is 5.78. The minimum atomic E-state index is -0.269. The SMILES string of the molecule is C[C@@H](O)CN1CCN(CC(=O)N[C@H](C)C2CC2)CC1. The molecule has 2 N–H and O–H groups in total. The number of piperazine rings is 1. The predicted molar refractivity (Wildman–Crippen MR) is 74.9 cm³/mol. The number of hydrogen-bond donors (Lipinski definition) is 2. The summed E-state index contributed by atoms with van der Waals surface area (Å²) in [6.45, 7) is 8.89. The molecule has 0 aromatic heterocycles. The van der Waals surface area contributed by atoms with E-state index >= 15 is 0 Å². The molecule has 1 aliphatic heterocycles. The summed E-state index contributed by atoms with van der Waals surface area (Å²) >= 11 is 0. The number of nitrogens with one attached hydrogen (secondary N) is 1. The van der Waals surface area contributed by atoms with Crippen LogP contribution < -0.4 is 5.32 Å². The summed E-state index contributed by atoms with van der Waals surface area (Å²) in [6.07, 6.45) is 2.26. The predicted octanol–water partition coefficient (Wildman–Crippen LogP) is -0.100. The first kappa shape index (κ1) is 14.8. The Morgan fingerprint density at radius 2 is 1.79 bits per heavy atom. The average molecular weight is 269 g/mol. The number of β-amino-alcohol motifs (C(OH)–C–C–N with tert-alkyl or cyclic N) is 1. The maximum absolute atomic E-state index is 11.9. The highest BCUT2D eigenvalue weighted by Crippen LogP contribution is 2.32. The standard InChI is InChI=1S/C14H27N3O2/c1-11(18)9-16-5-7-17(8-6-16)10-14(19)15-12(2)13-3-4-13/h11-13,18H,3-10H2,1-2H3,(H,15,19)/t11-,12-/m1/s1. The van der Waals surface area contributed by atoms with Gasteiger partial charge in [0.25, 0.3) is 0 Å². The molecule has 0 aromatic carbocycles. The normalized spacial score (nSPS) is 25.0. The van der Waals surface area contributed by atoms with Gasteiger partial charge in [0.15, 0.2) is 0 Å². The minimum absolute atomic E-state index is 0.156. The zero-order chi connectivity index (χ0) is 13.8. The van der Waals surface area contributed by atoms with Crippen LogP contribution in [0.25, 0.3) is 0 Å². The van der Waals surface area contributed by atoms with Gasteiger partial charge in [0.05, 0.1) is 12.6 Å². The maximum Gasteiger partial charge on any atom is 0.234 e. The van der Waals surface area contributed by atoms with E-state index in [9.17, 15) is 9.90 Å². The van der Waals surface area contributed by atoms with Crippen LogP contribution in [0.2, 0.25) is 0 Å². The summed E-state index contributed by atoms with van der Waals surface area (Å²) in [5.41, 5.74) is 0. The van der Waals surface area contributed by atoms with E-state index in [1.165, 1.54) is 12.8 Å². The van der Waals surface area contributed by atoms with Crippen molar-refractivity contribution in [1.29, 1.82) is 0 Å². The first-order chi connectivity index (χ1) is 9.04. The molecule has 0 spiro atoms. The second kappa shape index (κ2) is 6.68. The Kier molecular flexibility index (Phi) is 5.19. The van der Waals surface area contributed by atoms with Gasteiger partial charge >= 0.3 is 0 Å². The summed E-state index contributed by atoms with van der Waals surface area (Å²) in [5, 5.41) is 12.5. The van der Waals surface area contributed by atoms with Crippen molar-refractivity contribution in [2.45, 2.75) is 38.8 Å². The van der Waals surface area contributed by atoms with Crippen molar-refractivity contribution in [3.8, 4) is 0 Å². The van der Waals surface area contributed by atoms with E-state index in [-0.39, 0.29) is 12.0 Å². The first-order valence-electron chi connectivity index (χ1n) is 7.46. The number of aliphatic hydroxyl groups excluding tert-OH is 1. The Morgan fingerprint density at radius 3 is 2.32 bits per heavy atom. The molecule has 2 fully saturated rings. The molecule has 110 valence electrons. The third-order valence-electron chi connectivity index (χ3n) is 4.07. The second-order valence-electron chi connectivity index (χ2n) is 6.12. The Morgan fingerprint density at radius 1 is 1.21 bits per heavy atom. The topological polar surface area (TPSA) is 55.8 Å². The molecular weight excluding hydrogens is 242 g/mol. The Hall–Kier alpha value is -0.650. The molecule has 2 atom stereocenters. The molecule has 1 saturated heterocycles. The third-order valence-corrected chi connectivity index (χ3v) is 4.07. The number of rotatable bonds is 6. The van der Waals surface area contributed by atoms with Crippen LogP contribution in [0.15, 0.2) is 0 Å². The number of carbonyl (C=O) groups is 1. The van der Waals surface area contributed by atoms with Gasteiger partial charge in [0.1, 0.15) is 0 Å².